The number of hydrogen-bond acceptors (Lipinski definition) is 2. The number of carbonyl (C=O) groups is 1. The van der Waals surface area contributed by atoms with Crippen molar-refractivity contribution < 1.29 is 9.18 Å². The topological polar surface area (TPSA) is 58.4 Å². The number of rotatable bonds is 4. The molecule has 4 rings (SSSR count). The van der Waals surface area contributed by atoms with Gasteiger partial charge in [-0.25, -0.2) is 14.2 Å². The van der Waals surface area contributed by atoms with Crippen molar-refractivity contribution in [3.63, 3.8) is 0 Å². The normalized spacial score (nSPS) is 10.7. The molecule has 2 heterocycles. The lowest BCUT2D eigenvalue weighted by molar-refractivity contribution is 0.251. The Hall–Kier alpha value is -3.67. The molecule has 0 unspecified atom stereocenters. The SMILES string of the molecule is O=C(NCc1cccc(F)c1)Nc1c(-c2ccccc2)nc2ccccn12. The molecule has 0 spiro atoms. The van der Waals surface area contributed by atoms with E-state index >= 15 is 0 Å². The van der Waals surface area contributed by atoms with Gasteiger partial charge in [0.05, 0.1) is 0 Å². The molecular weight excluding hydrogens is 343 g/mol. The smallest absolute Gasteiger partial charge is 0.320 e. The molecule has 0 fully saturated rings. The predicted octanol–water partition coefficient (Wildman–Crippen LogP) is 4.46. The number of amides is 2. The third-order valence-corrected chi connectivity index (χ3v) is 4.15. The van der Waals surface area contributed by atoms with Crippen LogP contribution in [-0.2, 0) is 6.54 Å². The summed E-state index contributed by atoms with van der Waals surface area (Å²) in [6, 6.07) is 21.1. The number of imidazole rings is 1. The van der Waals surface area contributed by atoms with Gasteiger partial charge in [0.25, 0.3) is 0 Å². The first-order chi connectivity index (χ1) is 13.2. The lowest BCUT2D eigenvalue weighted by Gasteiger charge is -2.09. The fourth-order valence-electron chi connectivity index (χ4n) is 2.89. The molecule has 4 aromatic rings. The van der Waals surface area contributed by atoms with Gasteiger partial charge in [-0.05, 0) is 29.8 Å². The third-order valence-electron chi connectivity index (χ3n) is 4.15. The van der Waals surface area contributed by atoms with Crippen molar-refractivity contribution in [2.24, 2.45) is 0 Å². The molecule has 0 aliphatic rings. The first-order valence-corrected chi connectivity index (χ1v) is 8.52. The first kappa shape index (κ1) is 16.8. The molecule has 0 saturated heterocycles. The molecule has 2 amide bonds. The summed E-state index contributed by atoms with van der Waals surface area (Å²) in [4.78, 5) is 17.1. The number of anilines is 1. The van der Waals surface area contributed by atoms with Crippen LogP contribution in [0.2, 0.25) is 0 Å². The summed E-state index contributed by atoms with van der Waals surface area (Å²) in [5.74, 6) is 0.247. The lowest BCUT2D eigenvalue weighted by Crippen LogP contribution is -2.29. The van der Waals surface area contributed by atoms with Crippen LogP contribution in [0.4, 0.5) is 15.0 Å². The van der Waals surface area contributed by atoms with Crippen molar-refractivity contribution in [3.05, 3.63) is 90.4 Å². The van der Waals surface area contributed by atoms with Gasteiger partial charge in [0.15, 0.2) is 0 Å². The quantitative estimate of drug-likeness (QED) is 0.564. The van der Waals surface area contributed by atoms with E-state index in [2.05, 4.69) is 15.6 Å². The van der Waals surface area contributed by atoms with Crippen LogP contribution in [0.1, 0.15) is 5.56 Å². The largest absolute Gasteiger partial charge is 0.334 e. The number of fused-ring (bicyclic) bond motifs is 1. The highest BCUT2D eigenvalue weighted by molar-refractivity contribution is 5.93. The molecule has 134 valence electrons. The second-order valence-electron chi connectivity index (χ2n) is 6.04. The van der Waals surface area contributed by atoms with E-state index in [1.807, 2.05) is 59.1 Å². The van der Waals surface area contributed by atoms with E-state index in [1.165, 1.54) is 12.1 Å². The molecule has 6 heteroatoms. The minimum atomic E-state index is -0.387. The van der Waals surface area contributed by atoms with Gasteiger partial charge < -0.3 is 5.32 Å². The Bertz CT molecular complexity index is 1090. The number of halogens is 1. The number of benzene rings is 2. The Morgan fingerprint density at radius 3 is 2.63 bits per heavy atom. The van der Waals surface area contributed by atoms with Crippen molar-refractivity contribution in [1.29, 1.82) is 0 Å². The van der Waals surface area contributed by atoms with E-state index in [0.717, 1.165) is 11.2 Å². The molecule has 2 aromatic carbocycles. The van der Waals surface area contributed by atoms with Crippen LogP contribution in [0.15, 0.2) is 79.0 Å². The van der Waals surface area contributed by atoms with Crippen LogP contribution >= 0.6 is 0 Å². The molecule has 5 nitrogen and oxygen atoms in total. The fourth-order valence-corrected chi connectivity index (χ4v) is 2.89. The number of nitrogens with one attached hydrogen (secondary N) is 2. The molecule has 0 aliphatic heterocycles. The van der Waals surface area contributed by atoms with E-state index in [4.69, 9.17) is 0 Å². The highest BCUT2D eigenvalue weighted by Gasteiger charge is 2.16. The summed E-state index contributed by atoms with van der Waals surface area (Å²) in [5, 5.41) is 5.62. The summed E-state index contributed by atoms with van der Waals surface area (Å²) in [6.45, 7) is 0.223. The number of hydrogen-bond donors (Lipinski definition) is 2. The molecule has 2 N–H and O–H groups in total. The van der Waals surface area contributed by atoms with E-state index in [0.29, 0.717) is 17.1 Å². The molecule has 0 saturated carbocycles. The Morgan fingerprint density at radius 2 is 1.81 bits per heavy atom. The predicted molar refractivity (Wildman–Crippen MR) is 103 cm³/mol. The number of urea groups is 1. The first-order valence-electron chi connectivity index (χ1n) is 8.52. The maximum atomic E-state index is 13.3. The van der Waals surface area contributed by atoms with Crippen LogP contribution in [0.3, 0.4) is 0 Å². The lowest BCUT2D eigenvalue weighted by atomic mass is 10.1. The van der Waals surface area contributed by atoms with E-state index < -0.39 is 0 Å². The summed E-state index contributed by atoms with van der Waals surface area (Å²) in [6.07, 6.45) is 1.84. The van der Waals surface area contributed by atoms with Crippen molar-refractivity contribution in [3.8, 4) is 11.3 Å². The van der Waals surface area contributed by atoms with Crippen molar-refractivity contribution in [2.45, 2.75) is 6.54 Å². The Morgan fingerprint density at radius 1 is 1.00 bits per heavy atom. The van der Waals surface area contributed by atoms with Gasteiger partial charge in [-0.3, -0.25) is 9.72 Å². The second kappa shape index (κ2) is 7.29. The van der Waals surface area contributed by atoms with Crippen LogP contribution in [0, 0.1) is 5.82 Å². The maximum absolute atomic E-state index is 13.3. The van der Waals surface area contributed by atoms with Crippen LogP contribution < -0.4 is 10.6 Å². The van der Waals surface area contributed by atoms with Gasteiger partial charge in [0.2, 0.25) is 0 Å². The highest BCUT2D eigenvalue weighted by Crippen LogP contribution is 2.28. The van der Waals surface area contributed by atoms with Gasteiger partial charge in [0, 0.05) is 18.3 Å². The number of nitrogens with zero attached hydrogens (tertiary/aromatic N) is 2. The van der Waals surface area contributed by atoms with E-state index in [9.17, 15) is 9.18 Å². The molecule has 2 aromatic heterocycles. The van der Waals surface area contributed by atoms with E-state index in [-0.39, 0.29) is 18.4 Å². The minimum Gasteiger partial charge on any atom is -0.334 e. The van der Waals surface area contributed by atoms with Crippen molar-refractivity contribution in [2.75, 3.05) is 5.32 Å². The van der Waals surface area contributed by atoms with Gasteiger partial charge >= 0.3 is 6.03 Å². The molecule has 0 radical (unpaired) electrons. The fraction of sp³-hybridized carbons (Fsp3) is 0.0476. The molecule has 0 atom stereocenters. The summed E-state index contributed by atoms with van der Waals surface area (Å²) < 4.78 is 15.1. The zero-order valence-electron chi connectivity index (χ0n) is 14.4. The van der Waals surface area contributed by atoms with Crippen molar-refractivity contribution >= 4 is 17.5 Å². The molecule has 0 aliphatic carbocycles. The maximum Gasteiger partial charge on any atom is 0.320 e. The van der Waals surface area contributed by atoms with Gasteiger partial charge in [-0.2, -0.15) is 0 Å². The average molecular weight is 360 g/mol. The van der Waals surface area contributed by atoms with Crippen LogP contribution in [0.25, 0.3) is 16.9 Å². The Balaban J connectivity index is 1.60. The monoisotopic (exact) mass is 360 g/mol. The standard InChI is InChI=1S/C21H17FN4O/c22-17-10-6-7-15(13-17)14-23-21(27)25-20-19(16-8-2-1-3-9-16)24-18-11-4-5-12-26(18)20/h1-13H,14H2,(H2,23,25,27). The molecular formula is C21H17FN4O. The zero-order valence-corrected chi connectivity index (χ0v) is 14.4. The minimum absolute atomic E-state index is 0.223. The van der Waals surface area contributed by atoms with Gasteiger partial charge in [0.1, 0.15) is 23.0 Å². The average Bonchev–Trinajstić information content (AvgIpc) is 3.06. The van der Waals surface area contributed by atoms with Crippen LogP contribution in [-0.4, -0.2) is 15.4 Å². The number of pyridine rings is 1. The Labute approximate surface area is 155 Å². The highest BCUT2D eigenvalue weighted by atomic mass is 19.1. The van der Waals surface area contributed by atoms with E-state index in [1.54, 1.807) is 12.1 Å². The molecule has 27 heavy (non-hydrogen) atoms. The number of aromatic nitrogens is 2. The number of carbonyl (C=O) groups excluding carboxylic acids is 1. The summed E-state index contributed by atoms with van der Waals surface area (Å²) in [7, 11) is 0. The third kappa shape index (κ3) is 3.64. The van der Waals surface area contributed by atoms with Gasteiger partial charge in [-0.1, -0.05) is 48.5 Å². The Kier molecular flexibility index (Phi) is 4.53. The summed E-state index contributed by atoms with van der Waals surface area (Å²) >= 11 is 0. The zero-order chi connectivity index (χ0) is 18.6. The van der Waals surface area contributed by atoms with Crippen molar-refractivity contribution in [1.82, 2.24) is 14.7 Å². The molecule has 0 bridgehead atoms. The van der Waals surface area contributed by atoms with Crippen LogP contribution in [0.5, 0.6) is 0 Å². The van der Waals surface area contributed by atoms with Gasteiger partial charge in [-0.15, -0.1) is 0 Å². The second-order valence-corrected chi connectivity index (χ2v) is 6.04. The summed E-state index contributed by atoms with van der Waals surface area (Å²) in [5.41, 5.74) is 3.01.